The largest absolute Gasteiger partial charge is 0.406 e. The van der Waals surface area contributed by atoms with Gasteiger partial charge in [-0.1, -0.05) is 0 Å². The van der Waals surface area contributed by atoms with Gasteiger partial charge in [-0.3, -0.25) is 4.79 Å². The molecule has 0 aliphatic rings. The van der Waals surface area contributed by atoms with Crippen molar-refractivity contribution in [2.45, 2.75) is 6.18 Å². The maximum absolute atomic E-state index is 12.1. The van der Waals surface area contributed by atoms with Gasteiger partial charge in [-0.15, -0.1) is 0 Å². The topological polar surface area (TPSA) is 59.2 Å². The van der Waals surface area contributed by atoms with Crippen molar-refractivity contribution >= 4 is 27.7 Å². The van der Waals surface area contributed by atoms with E-state index in [0.717, 1.165) is 7.05 Å². The number of halogens is 4. The van der Waals surface area contributed by atoms with Crippen LogP contribution < -0.4 is 5.73 Å². The van der Waals surface area contributed by atoms with E-state index in [-0.39, 0.29) is 11.4 Å². The van der Waals surface area contributed by atoms with Gasteiger partial charge in [-0.25, -0.2) is 4.98 Å². The van der Waals surface area contributed by atoms with Crippen LogP contribution in [0.2, 0.25) is 0 Å². The van der Waals surface area contributed by atoms with Crippen molar-refractivity contribution < 1.29 is 18.0 Å². The molecule has 0 radical (unpaired) electrons. The van der Waals surface area contributed by atoms with E-state index in [1.165, 1.54) is 12.3 Å². The molecule has 0 aliphatic heterocycles. The Labute approximate surface area is 104 Å². The van der Waals surface area contributed by atoms with E-state index in [0.29, 0.717) is 9.37 Å². The highest BCUT2D eigenvalue weighted by Crippen LogP contribution is 2.20. The number of anilines is 1. The molecule has 94 valence electrons. The summed E-state index contributed by atoms with van der Waals surface area (Å²) in [7, 11) is 1.05. The van der Waals surface area contributed by atoms with Crippen LogP contribution in [0.5, 0.6) is 0 Å². The zero-order valence-corrected chi connectivity index (χ0v) is 10.3. The second kappa shape index (κ2) is 4.91. The Kier molecular flexibility index (Phi) is 3.97. The summed E-state index contributed by atoms with van der Waals surface area (Å²) in [6, 6.07) is 1.33. The average molecular weight is 312 g/mol. The van der Waals surface area contributed by atoms with Crippen LogP contribution in [0.3, 0.4) is 0 Å². The molecule has 0 saturated heterocycles. The number of pyridine rings is 1. The first-order chi connectivity index (χ1) is 7.70. The summed E-state index contributed by atoms with van der Waals surface area (Å²) in [5.41, 5.74) is 5.37. The molecule has 1 aromatic rings. The fraction of sp³-hybridized carbons (Fsp3) is 0.333. The summed E-state index contributed by atoms with van der Waals surface area (Å²) in [6.07, 6.45) is -3.09. The number of carbonyl (C=O) groups excluding carboxylic acids is 1. The Hall–Kier alpha value is -1.31. The molecule has 1 aromatic heterocycles. The van der Waals surface area contributed by atoms with Gasteiger partial charge in [0.1, 0.15) is 12.4 Å². The number of alkyl halides is 3. The maximum atomic E-state index is 12.1. The molecular weight excluding hydrogens is 303 g/mol. The van der Waals surface area contributed by atoms with Crippen LogP contribution >= 0.6 is 15.9 Å². The second-order valence-corrected chi connectivity index (χ2v) is 4.28. The summed E-state index contributed by atoms with van der Waals surface area (Å²) in [5, 5.41) is 0. The molecule has 2 N–H and O–H groups in total. The number of amides is 1. The van der Waals surface area contributed by atoms with Gasteiger partial charge in [0, 0.05) is 17.7 Å². The Morgan fingerprint density at radius 2 is 2.18 bits per heavy atom. The minimum absolute atomic E-state index is 0.0638. The highest BCUT2D eigenvalue weighted by atomic mass is 79.9. The number of aromatic nitrogens is 1. The predicted molar refractivity (Wildman–Crippen MR) is 59.4 cm³/mol. The van der Waals surface area contributed by atoms with Crippen LogP contribution in [-0.4, -0.2) is 35.6 Å². The molecule has 1 rings (SSSR count). The third-order valence-electron chi connectivity index (χ3n) is 1.88. The van der Waals surface area contributed by atoms with Crippen LogP contribution in [-0.2, 0) is 0 Å². The first-order valence-electron chi connectivity index (χ1n) is 4.44. The third kappa shape index (κ3) is 3.88. The Morgan fingerprint density at radius 1 is 1.59 bits per heavy atom. The average Bonchev–Trinajstić information content (AvgIpc) is 2.18. The molecule has 0 bridgehead atoms. The molecule has 17 heavy (non-hydrogen) atoms. The molecule has 0 unspecified atom stereocenters. The molecule has 4 nitrogen and oxygen atoms in total. The fourth-order valence-electron chi connectivity index (χ4n) is 1.17. The van der Waals surface area contributed by atoms with Crippen molar-refractivity contribution in [1.82, 2.24) is 9.88 Å². The summed E-state index contributed by atoms with van der Waals surface area (Å²) >= 11 is 3.06. The lowest BCUT2D eigenvalue weighted by Gasteiger charge is -2.19. The molecule has 0 aromatic carbocycles. The lowest BCUT2D eigenvalue weighted by Crippen LogP contribution is -2.36. The lowest BCUT2D eigenvalue weighted by atomic mass is 10.2. The molecule has 0 saturated carbocycles. The van der Waals surface area contributed by atoms with Gasteiger partial charge in [0.25, 0.3) is 5.91 Å². The number of carbonyl (C=O) groups is 1. The van der Waals surface area contributed by atoms with E-state index in [9.17, 15) is 18.0 Å². The SMILES string of the molecule is CN(CC(F)(F)F)C(=O)c1cc(Br)cnc1N. The quantitative estimate of drug-likeness (QED) is 0.909. The van der Waals surface area contributed by atoms with Crippen LogP contribution in [0.15, 0.2) is 16.7 Å². The minimum atomic E-state index is -4.45. The van der Waals surface area contributed by atoms with Crippen molar-refractivity contribution in [3.8, 4) is 0 Å². The van der Waals surface area contributed by atoms with E-state index in [1.807, 2.05) is 0 Å². The van der Waals surface area contributed by atoms with Gasteiger partial charge in [-0.05, 0) is 22.0 Å². The molecule has 1 amide bonds. The number of rotatable bonds is 2. The zero-order chi connectivity index (χ0) is 13.2. The second-order valence-electron chi connectivity index (χ2n) is 3.36. The summed E-state index contributed by atoms with van der Waals surface area (Å²) < 4.78 is 36.8. The Bertz CT molecular complexity index is 436. The van der Waals surface area contributed by atoms with Crippen molar-refractivity contribution in [3.05, 3.63) is 22.3 Å². The first-order valence-corrected chi connectivity index (χ1v) is 5.23. The van der Waals surface area contributed by atoms with E-state index in [2.05, 4.69) is 20.9 Å². The third-order valence-corrected chi connectivity index (χ3v) is 2.31. The Morgan fingerprint density at radius 3 is 2.71 bits per heavy atom. The fourth-order valence-corrected chi connectivity index (χ4v) is 1.50. The highest BCUT2D eigenvalue weighted by molar-refractivity contribution is 9.10. The van der Waals surface area contributed by atoms with Crippen LogP contribution in [0.1, 0.15) is 10.4 Å². The number of hydrogen-bond donors (Lipinski definition) is 1. The van der Waals surface area contributed by atoms with Crippen molar-refractivity contribution in [2.75, 3.05) is 19.3 Å². The minimum Gasteiger partial charge on any atom is -0.383 e. The summed E-state index contributed by atoms with van der Waals surface area (Å²) in [4.78, 5) is 15.9. The molecule has 1 heterocycles. The van der Waals surface area contributed by atoms with E-state index in [4.69, 9.17) is 5.73 Å². The van der Waals surface area contributed by atoms with Gasteiger partial charge in [0.15, 0.2) is 0 Å². The number of nitrogens with zero attached hydrogens (tertiary/aromatic N) is 2. The number of hydrogen-bond acceptors (Lipinski definition) is 3. The van der Waals surface area contributed by atoms with E-state index >= 15 is 0 Å². The summed E-state index contributed by atoms with van der Waals surface area (Å²) in [5.74, 6) is -0.930. The zero-order valence-electron chi connectivity index (χ0n) is 8.75. The lowest BCUT2D eigenvalue weighted by molar-refractivity contribution is -0.138. The van der Waals surface area contributed by atoms with Gasteiger partial charge in [0.2, 0.25) is 0 Å². The molecule has 0 fully saturated rings. The molecular formula is C9H9BrF3N3O. The van der Waals surface area contributed by atoms with E-state index < -0.39 is 18.6 Å². The van der Waals surface area contributed by atoms with Gasteiger partial charge >= 0.3 is 6.18 Å². The Balaban J connectivity index is 2.93. The normalized spacial score (nSPS) is 11.4. The van der Waals surface area contributed by atoms with Crippen LogP contribution in [0.4, 0.5) is 19.0 Å². The predicted octanol–water partition coefficient (Wildman–Crippen LogP) is 2.06. The molecule has 8 heteroatoms. The highest BCUT2D eigenvalue weighted by Gasteiger charge is 2.32. The monoisotopic (exact) mass is 311 g/mol. The standard InChI is InChI=1S/C9H9BrF3N3O/c1-16(4-9(11,12)13)8(17)6-2-5(10)3-15-7(6)14/h2-3H,4H2,1H3,(H2,14,15). The van der Waals surface area contributed by atoms with Gasteiger partial charge in [-0.2, -0.15) is 13.2 Å². The molecule has 0 aliphatic carbocycles. The summed E-state index contributed by atoms with van der Waals surface area (Å²) in [6.45, 7) is -1.34. The maximum Gasteiger partial charge on any atom is 0.406 e. The first kappa shape index (κ1) is 13.8. The molecule has 0 spiro atoms. The van der Waals surface area contributed by atoms with Crippen LogP contribution in [0.25, 0.3) is 0 Å². The van der Waals surface area contributed by atoms with Crippen molar-refractivity contribution in [1.29, 1.82) is 0 Å². The van der Waals surface area contributed by atoms with Gasteiger partial charge in [0.05, 0.1) is 5.56 Å². The van der Waals surface area contributed by atoms with Gasteiger partial charge < -0.3 is 10.6 Å². The number of nitrogens with two attached hydrogens (primary N) is 1. The molecule has 0 atom stereocenters. The smallest absolute Gasteiger partial charge is 0.383 e. The van der Waals surface area contributed by atoms with E-state index in [1.54, 1.807) is 0 Å². The van der Waals surface area contributed by atoms with Crippen LogP contribution in [0, 0.1) is 0 Å². The van der Waals surface area contributed by atoms with Crippen molar-refractivity contribution in [3.63, 3.8) is 0 Å². The number of nitrogen functional groups attached to an aromatic ring is 1. The van der Waals surface area contributed by atoms with Crippen molar-refractivity contribution in [2.24, 2.45) is 0 Å².